The Labute approximate surface area is 173 Å². The average molecular weight is 460 g/mol. The molecule has 10 heteroatoms. The number of rotatable bonds is 6. The summed E-state index contributed by atoms with van der Waals surface area (Å²) in [6.45, 7) is 0. The lowest BCUT2D eigenvalue weighted by atomic mass is 9.99. The van der Waals surface area contributed by atoms with Crippen LogP contribution >= 0.6 is 31.0 Å². The second-order valence-electron chi connectivity index (χ2n) is 6.12. The number of carbonyl (C=O) groups is 1. The van der Waals surface area contributed by atoms with Crippen LogP contribution in [-0.4, -0.2) is 17.0 Å². The van der Waals surface area contributed by atoms with Gasteiger partial charge in [-0.3, -0.25) is 9.36 Å². The molecular weight excluding hydrogens is 446 g/mol. The predicted octanol–water partition coefficient (Wildman–Crippen LogP) is 5.31. The molecule has 0 radical (unpaired) electrons. The fraction of sp³-hybridized carbons (Fsp3) is 0.105. The molecule has 3 aromatic rings. The van der Waals surface area contributed by atoms with Gasteiger partial charge in [-0.05, 0) is 58.3 Å². The molecule has 0 spiro atoms. The van der Waals surface area contributed by atoms with Gasteiger partial charge in [0.1, 0.15) is 0 Å². The van der Waals surface area contributed by atoms with Crippen LogP contribution in [0.5, 0.6) is 0 Å². The Morgan fingerprint density at radius 1 is 1.24 bits per heavy atom. The molecule has 0 aliphatic heterocycles. The van der Waals surface area contributed by atoms with Gasteiger partial charge >= 0.3 is 0 Å². The van der Waals surface area contributed by atoms with Crippen LogP contribution in [-0.2, 0) is 9.36 Å². The van der Waals surface area contributed by atoms with Crippen molar-refractivity contribution in [1.82, 2.24) is 5.32 Å². The maximum absolute atomic E-state index is 13.3. The number of carbonyl (C=O) groups excluding carboxylic acids is 1. The van der Waals surface area contributed by atoms with Crippen LogP contribution in [0.15, 0.2) is 41.9 Å². The average Bonchev–Trinajstić information content (AvgIpc) is 3.06. The molecule has 1 amide bonds. The minimum atomic E-state index is -2.98. The normalized spacial score (nSPS) is 13.7. The number of fused-ring (bicyclic) bond motifs is 1. The van der Waals surface area contributed by atoms with Crippen molar-refractivity contribution in [2.24, 2.45) is 0 Å². The third kappa shape index (κ3) is 5.08. The molecule has 2 atom stereocenters. The molecule has 4 nitrogen and oxygen atoms in total. The Balaban J connectivity index is 1.84. The second kappa shape index (κ2) is 9.13. The minimum Gasteiger partial charge on any atom is -0.346 e. The van der Waals surface area contributed by atoms with Gasteiger partial charge in [0.15, 0.2) is 25.5 Å². The fourth-order valence-corrected chi connectivity index (χ4v) is 4.72. The van der Waals surface area contributed by atoms with Gasteiger partial charge in [-0.25, -0.2) is 13.2 Å². The van der Waals surface area contributed by atoms with E-state index in [0.29, 0.717) is 16.0 Å². The summed E-state index contributed by atoms with van der Waals surface area (Å²) < 4.78 is 51.8. The van der Waals surface area contributed by atoms with E-state index in [2.05, 4.69) is 5.32 Å². The Hall–Kier alpha value is -2.12. The van der Waals surface area contributed by atoms with Crippen LogP contribution in [0.3, 0.4) is 0 Å². The molecule has 2 aromatic carbocycles. The van der Waals surface area contributed by atoms with Crippen LogP contribution in [0.25, 0.3) is 16.2 Å². The molecule has 0 saturated carbocycles. The van der Waals surface area contributed by atoms with E-state index in [1.54, 1.807) is 23.6 Å². The zero-order valence-corrected chi connectivity index (χ0v) is 17.2. The number of hydrogen-bond acceptors (Lipinski definition) is 3. The summed E-state index contributed by atoms with van der Waals surface area (Å²) in [4.78, 5) is 22.0. The van der Waals surface area contributed by atoms with Crippen molar-refractivity contribution in [3.63, 3.8) is 0 Å². The molecule has 2 unspecified atom stereocenters. The lowest BCUT2D eigenvalue weighted by molar-refractivity contribution is -0.121. The van der Waals surface area contributed by atoms with Gasteiger partial charge in [0.2, 0.25) is 5.91 Å². The van der Waals surface area contributed by atoms with Crippen molar-refractivity contribution in [2.45, 2.75) is 5.92 Å². The highest BCUT2D eigenvalue weighted by Crippen LogP contribution is 2.36. The highest BCUT2D eigenvalue weighted by atomic mass is 35.5. The quantitative estimate of drug-likeness (QED) is 0.388. The Morgan fingerprint density at radius 2 is 1.93 bits per heavy atom. The van der Waals surface area contributed by atoms with Gasteiger partial charge in [0, 0.05) is 22.1 Å². The first kappa shape index (κ1) is 21.6. The molecule has 0 aliphatic rings. The van der Waals surface area contributed by atoms with E-state index in [1.165, 1.54) is 17.4 Å². The number of thiophene rings is 1. The monoisotopic (exact) mass is 459 g/mol. The third-order valence-electron chi connectivity index (χ3n) is 4.14. The first-order valence-electron chi connectivity index (χ1n) is 8.26. The van der Waals surface area contributed by atoms with Crippen molar-refractivity contribution in [2.75, 3.05) is 6.16 Å². The van der Waals surface area contributed by atoms with Gasteiger partial charge in [-0.1, -0.05) is 11.6 Å². The molecule has 29 heavy (non-hydrogen) atoms. The number of amides is 1. The van der Waals surface area contributed by atoms with E-state index >= 15 is 0 Å². The van der Waals surface area contributed by atoms with Gasteiger partial charge in [-0.2, -0.15) is 0 Å². The molecule has 1 aromatic heterocycles. The predicted molar refractivity (Wildman–Crippen MR) is 109 cm³/mol. The van der Waals surface area contributed by atoms with Crippen molar-refractivity contribution < 1.29 is 27.4 Å². The molecule has 0 saturated heterocycles. The maximum atomic E-state index is 13.3. The minimum absolute atomic E-state index is 0.00162. The fourth-order valence-electron chi connectivity index (χ4n) is 2.80. The molecule has 152 valence electrons. The first-order valence-corrected chi connectivity index (χ1v) is 11.1. The topological polar surface area (TPSA) is 66.4 Å². The van der Waals surface area contributed by atoms with Crippen molar-refractivity contribution in [3.8, 4) is 0 Å². The van der Waals surface area contributed by atoms with Gasteiger partial charge in [-0.15, -0.1) is 11.3 Å². The summed E-state index contributed by atoms with van der Waals surface area (Å²) in [5.74, 6) is -5.78. The Kier molecular flexibility index (Phi) is 6.80. The summed E-state index contributed by atoms with van der Waals surface area (Å²) in [6.07, 6.45) is 2.05. The number of nitrogens with one attached hydrogen (secondary N) is 1. The van der Waals surface area contributed by atoms with Crippen molar-refractivity contribution >= 4 is 53.0 Å². The standard InChI is InChI=1S/C19H14ClF3NO3PS/c20-11-1-2-17-12(7-11)14(9-29-17)13(8-28(26)27)19(25)24-4-3-10-5-15(21)18(23)16(22)6-10/h1-7,9,13,28H,8H2,(H,24,25)(H,26,27)/b4-3+. The second-order valence-corrected chi connectivity index (χ2v) is 8.67. The highest BCUT2D eigenvalue weighted by Gasteiger charge is 2.25. The van der Waals surface area contributed by atoms with Gasteiger partial charge in [0.25, 0.3) is 0 Å². The maximum Gasteiger partial charge on any atom is 0.232 e. The van der Waals surface area contributed by atoms with E-state index in [-0.39, 0.29) is 11.7 Å². The van der Waals surface area contributed by atoms with Crippen LogP contribution < -0.4 is 5.32 Å². The molecule has 1 heterocycles. The lowest BCUT2D eigenvalue weighted by Crippen LogP contribution is -2.26. The van der Waals surface area contributed by atoms with E-state index in [1.807, 2.05) is 0 Å². The molecule has 2 N–H and O–H groups in total. The molecule has 3 rings (SSSR count). The summed E-state index contributed by atoms with van der Waals surface area (Å²) in [5, 5.41) is 5.34. The Bertz CT molecular complexity index is 1110. The van der Waals surface area contributed by atoms with Crippen molar-refractivity contribution in [3.05, 3.63) is 75.5 Å². The third-order valence-corrected chi connectivity index (χ3v) is 6.12. The summed E-state index contributed by atoms with van der Waals surface area (Å²) in [7, 11) is -2.98. The number of hydrogen-bond donors (Lipinski definition) is 2. The smallest absolute Gasteiger partial charge is 0.232 e. The summed E-state index contributed by atoms with van der Waals surface area (Å²) in [6, 6.07) is 6.73. The van der Waals surface area contributed by atoms with E-state index in [0.717, 1.165) is 23.0 Å². The SMILES string of the molecule is O=C(N/C=C/c1cc(F)c(F)c(F)c1)C(C[PH](=O)O)c1csc2ccc(Cl)cc12. The van der Waals surface area contributed by atoms with Crippen molar-refractivity contribution in [1.29, 1.82) is 0 Å². The van der Waals surface area contributed by atoms with E-state index in [4.69, 9.17) is 11.6 Å². The first-order chi connectivity index (χ1) is 13.8. The summed E-state index contributed by atoms with van der Waals surface area (Å²) >= 11 is 7.40. The number of benzene rings is 2. The molecule has 0 fully saturated rings. The zero-order chi connectivity index (χ0) is 21.1. The molecule has 0 bridgehead atoms. The highest BCUT2D eigenvalue weighted by molar-refractivity contribution is 7.38. The van der Waals surface area contributed by atoms with Crippen LogP contribution in [0, 0.1) is 17.5 Å². The lowest BCUT2D eigenvalue weighted by Gasteiger charge is -2.14. The van der Waals surface area contributed by atoms with Gasteiger partial charge < -0.3 is 10.2 Å². The number of halogens is 4. The van der Waals surface area contributed by atoms with E-state index < -0.39 is 37.3 Å². The van der Waals surface area contributed by atoms with Crippen LogP contribution in [0.2, 0.25) is 5.02 Å². The summed E-state index contributed by atoms with van der Waals surface area (Å²) in [5.41, 5.74) is 0.562. The largest absolute Gasteiger partial charge is 0.346 e. The molecular formula is C19H14ClF3NO3PS. The van der Waals surface area contributed by atoms with Crippen LogP contribution in [0.4, 0.5) is 13.2 Å². The van der Waals surface area contributed by atoms with Gasteiger partial charge in [0.05, 0.1) is 5.92 Å². The molecule has 0 aliphatic carbocycles. The zero-order valence-electron chi connectivity index (χ0n) is 14.6. The van der Waals surface area contributed by atoms with E-state index in [9.17, 15) is 27.4 Å². The van der Waals surface area contributed by atoms with Crippen LogP contribution in [0.1, 0.15) is 17.0 Å². The Morgan fingerprint density at radius 3 is 2.59 bits per heavy atom.